The lowest BCUT2D eigenvalue weighted by molar-refractivity contribution is -0.383. The average molecular weight is 422 g/mol. The van der Waals surface area contributed by atoms with E-state index in [-0.39, 0.29) is 30.0 Å². The number of ether oxygens (including phenoxy) is 2. The van der Waals surface area contributed by atoms with E-state index in [4.69, 9.17) is 15.2 Å². The zero-order chi connectivity index (χ0) is 21.9. The number of cyclic esters (lactones) is 1. The maximum absolute atomic E-state index is 13.1. The number of nitrogens with two attached hydrogens (primary N) is 1. The summed E-state index contributed by atoms with van der Waals surface area (Å²) in [5.41, 5.74) is 7.13. The van der Waals surface area contributed by atoms with Crippen molar-refractivity contribution in [3.8, 4) is 11.4 Å². The first-order valence-electron chi connectivity index (χ1n) is 9.29. The van der Waals surface area contributed by atoms with Gasteiger partial charge in [-0.3, -0.25) is 19.7 Å². The van der Waals surface area contributed by atoms with Crippen LogP contribution >= 0.6 is 0 Å². The van der Waals surface area contributed by atoms with E-state index in [1.165, 1.54) is 16.7 Å². The predicted molar refractivity (Wildman–Crippen MR) is 105 cm³/mol. The van der Waals surface area contributed by atoms with Crippen LogP contribution in [0.5, 0.6) is 0 Å². The van der Waals surface area contributed by atoms with Gasteiger partial charge in [0.05, 0.1) is 45.9 Å². The Morgan fingerprint density at radius 1 is 1.35 bits per heavy atom. The molecule has 2 N–H and O–H groups in total. The van der Waals surface area contributed by atoms with Crippen LogP contribution in [0.2, 0.25) is 0 Å². The number of carbonyl (C=O) groups excluding carboxylic acids is 2. The van der Waals surface area contributed by atoms with Crippen LogP contribution in [0, 0.1) is 10.1 Å². The Hall–Kier alpha value is -4.12. The Morgan fingerprint density at radius 2 is 2.16 bits per heavy atom. The summed E-state index contributed by atoms with van der Waals surface area (Å²) >= 11 is 0. The normalized spacial score (nSPS) is 16.3. The third kappa shape index (κ3) is 2.78. The van der Waals surface area contributed by atoms with Crippen LogP contribution in [-0.4, -0.2) is 33.0 Å². The lowest BCUT2D eigenvalue weighted by atomic mass is 10.00. The summed E-state index contributed by atoms with van der Waals surface area (Å²) < 4.78 is 11.6. The van der Waals surface area contributed by atoms with Crippen molar-refractivity contribution in [3.63, 3.8) is 0 Å². The Kier molecular flexibility index (Phi) is 4.08. The minimum Gasteiger partial charge on any atom is -0.458 e. The molecule has 2 aliphatic rings. The first-order valence-corrected chi connectivity index (χ1v) is 9.29. The van der Waals surface area contributed by atoms with Gasteiger partial charge >= 0.3 is 11.9 Å². The lowest BCUT2D eigenvalue weighted by Crippen LogP contribution is -2.35. The number of pyridine rings is 2. The Bertz CT molecular complexity index is 1380. The van der Waals surface area contributed by atoms with Gasteiger partial charge in [0.15, 0.2) is 0 Å². The smallest absolute Gasteiger partial charge is 0.352 e. The van der Waals surface area contributed by atoms with Crippen LogP contribution in [0.4, 0.5) is 5.69 Å². The number of carbonyl (C=O) groups is 2. The van der Waals surface area contributed by atoms with Gasteiger partial charge in [-0.05, 0) is 18.2 Å². The zero-order valence-electron chi connectivity index (χ0n) is 15.9. The minimum absolute atomic E-state index is 0.0804. The van der Waals surface area contributed by atoms with Gasteiger partial charge in [0.2, 0.25) is 6.10 Å². The van der Waals surface area contributed by atoms with Crippen LogP contribution in [0.1, 0.15) is 22.8 Å². The monoisotopic (exact) mass is 422 g/mol. The van der Waals surface area contributed by atoms with Crippen LogP contribution in [0.3, 0.4) is 0 Å². The molecule has 0 bridgehead atoms. The number of esters is 2. The van der Waals surface area contributed by atoms with E-state index >= 15 is 0 Å². The minimum atomic E-state index is -1.40. The van der Waals surface area contributed by atoms with Gasteiger partial charge in [0, 0.05) is 17.2 Å². The van der Waals surface area contributed by atoms with Gasteiger partial charge in [-0.1, -0.05) is 6.07 Å². The molecule has 2 aliphatic heterocycles. The maximum Gasteiger partial charge on any atom is 0.352 e. The molecule has 156 valence electrons. The summed E-state index contributed by atoms with van der Waals surface area (Å²) in [6, 6.07) is 7.79. The summed E-state index contributed by atoms with van der Waals surface area (Å²) in [6.07, 6.45) is -1.40. The van der Waals surface area contributed by atoms with Gasteiger partial charge in [0.25, 0.3) is 11.2 Å². The largest absolute Gasteiger partial charge is 0.458 e. The van der Waals surface area contributed by atoms with Crippen molar-refractivity contribution in [2.75, 3.05) is 6.54 Å². The lowest BCUT2D eigenvalue weighted by Gasteiger charge is -2.24. The standard InChI is InChI=1S/C20H14N4O7/c21-6-16(25)31-18-10-5-15-17-9(7-23(15)19(26)12(10)8-30-20(18)27)4-11-13(22-17)2-1-3-14(11)24(28)29/h1-5,18H,6-8,21H2/t18-/m0/s1. The second-order valence-electron chi connectivity index (χ2n) is 7.13. The molecule has 31 heavy (non-hydrogen) atoms. The fourth-order valence-electron chi connectivity index (χ4n) is 3.97. The van der Waals surface area contributed by atoms with Crippen molar-refractivity contribution in [3.05, 3.63) is 67.5 Å². The molecule has 0 radical (unpaired) electrons. The van der Waals surface area contributed by atoms with Gasteiger partial charge in [-0.2, -0.15) is 0 Å². The zero-order valence-corrected chi connectivity index (χ0v) is 15.9. The van der Waals surface area contributed by atoms with Crippen molar-refractivity contribution >= 4 is 28.5 Å². The summed E-state index contributed by atoms with van der Waals surface area (Å²) in [5, 5.41) is 11.7. The maximum atomic E-state index is 13.1. The molecule has 5 rings (SSSR count). The fraction of sp³-hybridized carbons (Fsp3) is 0.200. The second-order valence-corrected chi connectivity index (χ2v) is 7.13. The van der Waals surface area contributed by atoms with Gasteiger partial charge in [-0.25, -0.2) is 9.78 Å². The van der Waals surface area contributed by atoms with E-state index in [0.29, 0.717) is 27.9 Å². The Balaban J connectivity index is 1.71. The number of nitro benzene ring substituents is 1. The molecule has 0 amide bonds. The SMILES string of the molecule is NCC(=O)O[C@@H]1C(=O)OCc2c1cc1n(c2=O)Cc2cc3c([N+](=O)[O-])cccc3nc2-1. The molecular formula is C20H14N4O7. The van der Waals surface area contributed by atoms with Crippen LogP contribution < -0.4 is 11.3 Å². The third-order valence-corrected chi connectivity index (χ3v) is 5.39. The van der Waals surface area contributed by atoms with Crippen molar-refractivity contribution in [2.45, 2.75) is 19.3 Å². The topological polar surface area (TPSA) is 157 Å². The highest BCUT2D eigenvalue weighted by Crippen LogP contribution is 2.37. The van der Waals surface area contributed by atoms with Crippen LogP contribution in [0.15, 0.2) is 35.1 Å². The quantitative estimate of drug-likeness (QED) is 0.288. The molecule has 0 aliphatic carbocycles. The van der Waals surface area contributed by atoms with E-state index in [1.807, 2.05) is 0 Å². The molecule has 0 fully saturated rings. The van der Waals surface area contributed by atoms with Crippen LogP contribution in [-0.2, 0) is 32.2 Å². The number of non-ortho nitro benzene ring substituents is 1. The fourth-order valence-corrected chi connectivity index (χ4v) is 3.97. The molecule has 0 unspecified atom stereocenters. The van der Waals surface area contributed by atoms with E-state index < -0.39 is 35.1 Å². The number of fused-ring (bicyclic) bond motifs is 5. The number of nitro groups is 1. The summed E-state index contributed by atoms with van der Waals surface area (Å²) in [6.45, 7) is -0.521. The molecule has 4 heterocycles. The molecule has 2 aromatic heterocycles. The molecule has 11 heteroatoms. The number of hydrogen-bond acceptors (Lipinski definition) is 9. The molecule has 11 nitrogen and oxygen atoms in total. The highest BCUT2D eigenvalue weighted by Gasteiger charge is 2.37. The van der Waals surface area contributed by atoms with Gasteiger partial charge < -0.3 is 19.8 Å². The number of nitrogens with zero attached hydrogens (tertiary/aromatic N) is 3. The number of hydrogen-bond donors (Lipinski definition) is 1. The molecule has 0 saturated heterocycles. The Labute approximate surface area is 173 Å². The summed E-state index contributed by atoms with van der Waals surface area (Å²) in [5.74, 6) is -1.61. The molecule has 1 atom stereocenters. The Morgan fingerprint density at radius 3 is 2.90 bits per heavy atom. The van der Waals surface area contributed by atoms with Gasteiger partial charge in [-0.15, -0.1) is 0 Å². The van der Waals surface area contributed by atoms with Crippen LogP contribution in [0.25, 0.3) is 22.3 Å². The number of benzene rings is 1. The predicted octanol–water partition coefficient (Wildman–Crippen LogP) is 0.933. The second kappa shape index (κ2) is 6.71. The summed E-state index contributed by atoms with van der Waals surface area (Å²) in [7, 11) is 0. The average Bonchev–Trinajstić information content (AvgIpc) is 3.11. The highest BCUT2D eigenvalue weighted by molar-refractivity contribution is 5.91. The molecule has 0 spiro atoms. The van der Waals surface area contributed by atoms with E-state index in [2.05, 4.69) is 4.98 Å². The molecule has 0 saturated carbocycles. The molecular weight excluding hydrogens is 408 g/mol. The van der Waals surface area contributed by atoms with Crippen molar-refractivity contribution in [1.29, 1.82) is 0 Å². The number of rotatable bonds is 3. The van der Waals surface area contributed by atoms with Crippen molar-refractivity contribution in [2.24, 2.45) is 5.73 Å². The van der Waals surface area contributed by atoms with Gasteiger partial charge in [0.1, 0.15) is 6.61 Å². The first kappa shape index (κ1) is 18.9. The summed E-state index contributed by atoms with van der Waals surface area (Å²) in [4.78, 5) is 52.4. The third-order valence-electron chi connectivity index (χ3n) is 5.39. The van der Waals surface area contributed by atoms with Crippen molar-refractivity contribution in [1.82, 2.24) is 9.55 Å². The molecule has 3 aromatic rings. The number of aromatic nitrogens is 2. The molecule has 1 aromatic carbocycles. The van der Waals surface area contributed by atoms with E-state index in [1.54, 1.807) is 18.2 Å². The van der Waals surface area contributed by atoms with E-state index in [9.17, 15) is 24.5 Å². The highest BCUT2D eigenvalue weighted by atomic mass is 16.6. The first-order chi connectivity index (χ1) is 14.9. The van der Waals surface area contributed by atoms with Crippen molar-refractivity contribution < 1.29 is 24.0 Å². The van der Waals surface area contributed by atoms with E-state index in [0.717, 1.165) is 0 Å².